The quantitative estimate of drug-likeness (QED) is 0.632. The van der Waals surface area contributed by atoms with Gasteiger partial charge >= 0.3 is 6.03 Å². The van der Waals surface area contributed by atoms with E-state index in [0.717, 1.165) is 0 Å². The molecule has 30 heavy (non-hydrogen) atoms. The highest BCUT2D eigenvalue weighted by molar-refractivity contribution is 7.90. The van der Waals surface area contributed by atoms with E-state index < -0.39 is 34.5 Å². The van der Waals surface area contributed by atoms with E-state index in [1.807, 2.05) is 6.07 Å². The van der Waals surface area contributed by atoms with Gasteiger partial charge in [0.15, 0.2) is 0 Å². The van der Waals surface area contributed by atoms with E-state index in [4.69, 9.17) is 5.26 Å². The van der Waals surface area contributed by atoms with E-state index in [2.05, 4.69) is 20.9 Å². The van der Waals surface area contributed by atoms with Gasteiger partial charge in [0.25, 0.3) is 10.0 Å². The highest BCUT2D eigenvalue weighted by Gasteiger charge is 2.40. The number of urea groups is 1. The van der Waals surface area contributed by atoms with E-state index in [0.29, 0.717) is 15.7 Å². The van der Waals surface area contributed by atoms with Crippen LogP contribution in [0.1, 0.15) is 19.4 Å². The van der Waals surface area contributed by atoms with Gasteiger partial charge in [0.1, 0.15) is 23.6 Å². The van der Waals surface area contributed by atoms with Gasteiger partial charge < -0.3 is 16.0 Å². The van der Waals surface area contributed by atoms with Crippen LogP contribution < -0.4 is 16.0 Å². The molecule has 0 aromatic heterocycles. The summed E-state index contributed by atoms with van der Waals surface area (Å²) in [5, 5.41) is 25.9. The van der Waals surface area contributed by atoms with Crippen LogP contribution in [0.15, 0.2) is 39.5 Å². The number of fused-ring (bicyclic) bond motifs is 1. The van der Waals surface area contributed by atoms with Gasteiger partial charge in [-0.05, 0) is 26.0 Å². The van der Waals surface area contributed by atoms with Crippen molar-refractivity contribution in [1.29, 1.82) is 10.5 Å². The highest BCUT2D eigenvalue weighted by atomic mass is 32.2. The SMILES string of the molecule is CC1=C([C@H](C)NC(=O)CN2C(=O)Nc3cccc(C#N)c3S2(=O)=O)N=C[C](C#N)N1. The van der Waals surface area contributed by atoms with E-state index in [-0.39, 0.29) is 22.2 Å². The standard InChI is InChI=1S/C18H16N7O4S/c1-10-16(21-8-13(7-20)22-10)11(2)23-15(26)9-25-18(27)24-14-5-3-4-12(6-19)17(14)30(25,28)29/h3-5,8,11,22H,9H2,1-2H3,(H,23,26)(H,24,27)/t11-/m0/s1. The average Bonchev–Trinajstić information content (AvgIpc) is 2.70. The molecule has 0 aliphatic carbocycles. The number of aliphatic imine (C=N–C) groups is 1. The van der Waals surface area contributed by atoms with Crippen molar-refractivity contribution in [2.24, 2.45) is 4.99 Å². The van der Waals surface area contributed by atoms with Gasteiger partial charge in [0, 0.05) is 11.9 Å². The Morgan fingerprint density at radius 1 is 1.30 bits per heavy atom. The Kier molecular flexibility index (Phi) is 5.45. The zero-order valence-corrected chi connectivity index (χ0v) is 16.7. The maximum absolute atomic E-state index is 12.9. The first-order valence-electron chi connectivity index (χ1n) is 8.64. The minimum absolute atomic E-state index is 0.0166. The smallest absolute Gasteiger partial charge is 0.336 e. The molecule has 3 amide bonds. The maximum Gasteiger partial charge on any atom is 0.336 e. The minimum atomic E-state index is -4.41. The summed E-state index contributed by atoms with van der Waals surface area (Å²) in [5.74, 6) is -0.746. The third-order valence-electron chi connectivity index (χ3n) is 4.39. The zero-order chi connectivity index (χ0) is 22.1. The topological polar surface area (TPSA) is 168 Å². The summed E-state index contributed by atoms with van der Waals surface area (Å²) in [6.07, 6.45) is 1.31. The zero-order valence-electron chi connectivity index (χ0n) is 15.9. The number of allylic oxidation sites excluding steroid dienone is 1. The number of carbonyl (C=O) groups excluding carboxylic acids is 2. The largest absolute Gasteiger partial charge is 0.362 e. The molecule has 2 heterocycles. The Morgan fingerprint density at radius 2 is 2.03 bits per heavy atom. The van der Waals surface area contributed by atoms with Crippen LogP contribution in [0.3, 0.4) is 0 Å². The van der Waals surface area contributed by atoms with Crippen molar-refractivity contribution in [3.63, 3.8) is 0 Å². The third-order valence-corrected chi connectivity index (χ3v) is 6.22. The Morgan fingerprint density at radius 3 is 2.67 bits per heavy atom. The summed E-state index contributed by atoms with van der Waals surface area (Å²) in [4.78, 5) is 28.6. The lowest BCUT2D eigenvalue weighted by molar-refractivity contribution is -0.121. The first-order chi connectivity index (χ1) is 14.2. The molecule has 153 valence electrons. The molecule has 0 bridgehead atoms. The number of amides is 3. The second-order valence-electron chi connectivity index (χ2n) is 6.44. The summed E-state index contributed by atoms with van der Waals surface area (Å²) in [7, 11) is -4.41. The van der Waals surface area contributed by atoms with E-state index in [1.165, 1.54) is 24.4 Å². The molecule has 2 aliphatic rings. The fraction of sp³-hybridized carbons (Fsp3) is 0.222. The van der Waals surface area contributed by atoms with E-state index >= 15 is 0 Å². The lowest BCUT2D eigenvalue weighted by Crippen LogP contribution is -2.50. The second kappa shape index (κ2) is 7.85. The third kappa shape index (κ3) is 3.68. The van der Waals surface area contributed by atoms with Crippen molar-refractivity contribution < 1.29 is 18.0 Å². The van der Waals surface area contributed by atoms with Crippen molar-refractivity contribution in [2.75, 3.05) is 11.9 Å². The van der Waals surface area contributed by atoms with Gasteiger partial charge in [0.05, 0.1) is 23.0 Å². The molecule has 2 aliphatic heterocycles. The second-order valence-corrected chi connectivity index (χ2v) is 8.24. The minimum Gasteiger partial charge on any atom is -0.362 e. The Labute approximate surface area is 172 Å². The number of nitrogens with one attached hydrogen (secondary N) is 3. The predicted octanol–water partition coefficient (Wildman–Crippen LogP) is 0.560. The number of benzene rings is 1. The van der Waals surface area contributed by atoms with Crippen LogP contribution in [0.4, 0.5) is 10.5 Å². The molecule has 12 heteroatoms. The van der Waals surface area contributed by atoms with Crippen molar-refractivity contribution >= 4 is 33.9 Å². The summed E-state index contributed by atoms with van der Waals surface area (Å²) in [6.45, 7) is 2.52. The van der Waals surface area contributed by atoms with Gasteiger partial charge in [-0.3, -0.25) is 9.79 Å². The van der Waals surface area contributed by atoms with Crippen molar-refractivity contribution in [1.82, 2.24) is 14.9 Å². The van der Waals surface area contributed by atoms with Gasteiger partial charge in [-0.2, -0.15) is 10.5 Å². The van der Waals surface area contributed by atoms with E-state index in [9.17, 15) is 23.3 Å². The average molecular weight is 426 g/mol. The summed E-state index contributed by atoms with van der Waals surface area (Å²) >= 11 is 0. The van der Waals surface area contributed by atoms with Crippen molar-refractivity contribution in [3.05, 3.63) is 41.2 Å². The molecule has 11 nitrogen and oxygen atoms in total. The summed E-state index contributed by atoms with van der Waals surface area (Å²) in [6, 6.07) is 6.43. The summed E-state index contributed by atoms with van der Waals surface area (Å²) in [5.41, 5.74) is 0.847. The number of hydrogen-bond donors (Lipinski definition) is 3. The monoisotopic (exact) mass is 426 g/mol. The molecule has 3 N–H and O–H groups in total. The maximum atomic E-state index is 12.9. The first kappa shape index (κ1) is 20.8. The molecule has 3 rings (SSSR count). The molecule has 0 saturated heterocycles. The summed E-state index contributed by atoms with van der Waals surface area (Å²) < 4.78 is 26.2. The molecular weight excluding hydrogens is 410 g/mol. The molecule has 0 fully saturated rings. The molecule has 0 unspecified atom stereocenters. The Bertz CT molecular complexity index is 1170. The van der Waals surface area contributed by atoms with Crippen LogP contribution in [-0.4, -0.2) is 43.5 Å². The number of sulfonamides is 1. The molecule has 1 radical (unpaired) electrons. The van der Waals surface area contributed by atoms with Gasteiger partial charge in [-0.15, -0.1) is 0 Å². The van der Waals surface area contributed by atoms with Crippen LogP contribution in [0.5, 0.6) is 0 Å². The number of carbonyl (C=O) groups is 2. The molecular formula is C18H16N7O4S. The fourth-order valence-electron chi connectivity index (χ4n) is 3.06. The number of hydrogen-bond acceptors (Lipinski definition) is 8. The number of anilines is 1. The number of nitrogens with zero attached hydrogens (tertiary/aromatic N) is 4. The molecule has 1 aromatic carbocycles. The van der Waals surface area contributed by atoms with Crippen molar-refractivity contribution in [3.8, 4) is 12.1 Å². The first-order valence-corrected chi connectivity index (χ1v) is 10.1. The fourth-order valence-corrected chi connectivity index (χ4v) is 4.62. The van der Waals surface area contributed by atoms with Crippen LogP contribution in [0.25, 0.3) is 0 Å². The number of nitriles is 2. The lowest BCUT2D eigenvalue weighted by Gasteiger charge is -2.29. The molecule has 0 spiro atoms. The van der Waals surface area contributed by atoms with Crippen molar-refractivity contribution in [2.45, 2.75) is 24.8 Å². The van der Waals surface area contributed by atoms with Crippen LogP contribution in [0.2, 0.25) is 0 Å². The number of rotatable bonds is 4. The van der Waals surface area contributed by atoms with E-state index in [1.54, 1.807) is 19.9 Å². The van der Waals surface area contributed by atoms with Crippen LogP contribution in [0, 0.1) is 28.7 Å². The lowest BCUT2D eigenvalue weighted by atomic mass is 10.1. The Hall–Kier alpha value is -3.90. The van der Waals surface area contributed by atoms with Gasteiger partial charge in [-0.25, -0.2) is 17.5 Å². The molecule has 0 saturated carbocycles. The normalized spacial score (nSPS) is 18.4. The van der Waals surface area contributed by atoms with Gasteiger partial charge in [-0.1, -0.05) is 6.07 Å². The van der Waals surface area contributed by atoms with Crippen LogP contribution in [-0.2, 0) is 14.8 Å². The predicted molar refractivity (Wildman–Crippen MR) is 105 cm³/mol. The van der Waals surface area contributed by atoms with Crippen LogP contribution >= 0.6 is 0 Å². The Balaban J connectivity index is 1.79. The molecule has 1 aromatic rings. The molecule has 1 atom stereocenters. The van der Waals surface area contributed by atoms with Gasteiger partial charge in [0.2, 0.25) is 11.9 Å². The highest BCUT2D eigenvalue weighted by Crippen LogP contribution is 2.32.